The lowest BCUT2D eigenvalue weighted by atomic mass is 9.91. The molecule has 0 amide bonds. The van der Waals surface area contributed by atoms with Gasteiger partial charge in [-0.1, -0.05) is 6.92 Å². The monoisotopic (exact) mass is 326 g/mol. The highest BCUT2D eigenvalue weighted by Crippen LogP contribution is 2.43. The van der Waals surface area contributed by atoms with Crippen molar-refractivity contribution in [2.75, 3.05) is 19.8 Å². The predicted octanol–water partition coefficient (Wildman–Crippen LogP) is 1.85. The number of hydrazine groups is 1. The van der Waals surface area contributed by atoms with Crippen molar-refractivity contribution >= 4 is 32.7 Å². The number of carbonyl (C=O) groups is 1. The van der Waals surface area contributed by atoms with Gasteiger partial charge in [0.1, 0.15) is 4.21 Å². The third-order valence-corrected chi connectivity index (χ3v) is 7.00. The number of hydrogen-bond acceptors (Lipinski definition) is 6. The van der Waals surface area contributed by atoms with Crippen LogP contribution in [0.2, 0.25) is 0 Å². The molecule has 0 atom stereocenters. The van der Waals surface area contributed by atoms with E-state index in [1.54, 1.807) is 0 Å². The zero-order valence-corrected chi connectivity index (χ0v) is 13.9. The van der Waals surface area contributed by atoms with Crippen LogP contribution in [-0.2, 0) is 16.3 Å². The van der Waals surface area contributed by atoms with Crippen LogP contribution in [0.15, 0.2) is 9.78 Å². The van der Waals surface area contributed by atoms with Crippen molar-refractivity contribution in [2.24, 2.45) is 0 Å². The molecule has 21 heavy (non-hydrogen) atoms. The number of rotatable bonds is 3. The van der Waals surface area contributed by atoms with Gasteiger partial charge in [0.15, 0.2) is 15.6 Å². The summed E-state index contributed by atoms with van der Waals surface area (Å²) >= 11 is 1.13. The number of thiophene rings is 1. The van der Waals surface area contributed by atoms with Crippen LogP contribution in [0.4, 0.5) is 0 Å². The predicted molar refractivity (Wildman–Crippen MR) is 83.1 cm³/mol. The molecule has 1 N–H and O–H groups in total. The Hall–Kier alpha value is -1.18. The molecule has 0 fully saturated rings. The number of likely N-dealkylation sites (N-methyl/N-ethyl adjacent to an activating group) is 1. The second kappa shape index (κ2) is 4.93. The molecule has 0 bridgehead atoms. The van der Waals surface area contributed by atoms with Crippen molar-refractivity contribution in [2.45, 2.75) is 30.4 Å². The zero-order valence-electron chi connectivity index (χ0n) is 12.3. The van der Waals surface area contributed by atoms with Crippen LogP contribution in [0.3, 0.4) is 0 Å². The minimum absolute atomic E-state index is 0.0292. The summed E-state index contributed by atoms with van der Waals surface area (Å²) in [6.07, 6.45) is 3.24. The van der Waals surface area contributed by atoms with Gasteiger partial charge in [-0.3, -0.25) is 4.79 Å². The van der Waals surface area contributed by atoms with Gasteiger partial charge in [0.2, 0.25) is 0 Å². The van der Waals surface area contributed by atoms with Crippen molar-refractivity contribution in [1.82, 2.24) is 10.4 Å². The van der Waals surface area contributed by atoms with E-state index < -0.39 is 9.84 Å². The zero-order chi connectivity index (χ0) is 15.4. The summed E-state index contributed by atoms with van der Waals surface area (Å²) in [6, 6.07) is 0. The van der Waals surface area contributed by atoms with Crippen molar-refractivity contribution in [3.05, 3.63) is 21.6 Å². The Morgan fingerprint density at radius 1 is 1.38 bits per heavy atom. The molecule has 0 saturated heterocycles. The number of ketones is 1. The molecule has 1 aromatic heterocycles. The standard InChI is InChI=1S/C14H18N2O3S2/c1-4-10(17)13-9-6-5-8-7-16(2)15-12(8)11(9)14(20-13)21(3,18)19/h15H,4-7H2,1-3H3. The lowest BCUT2D eigenvalue weighted by molar-refractivity contribution is 0.0991. The highest BCUT2D eigenvalue weighted by Gasteiger charge is 2.35. The van der Waals surface area contributed by atoms with Gasteiger partial charge in [-0.2, -0.15) is 0 Å². The van der Waals surface area contributed by atoms with E-state index in [1.807, 2.05) is 19.0 Å². The molecule has 2 heterocycles. The maximum absolute atomic E-state index is 12.2. The Morgan fingerprint density at radius 2 is 2.10 bits per heavy atom. The molecule has 1 aromatic rings. The Labute approximate surface area is 128 Å². The first-order valence-electron chi connectivity index (χ1n) is 6.92. The van der Waals surface area contributed by atoms with E-state index in [2.05, 4.69) is 5.43 Å². The van der Waals surface area contributed by atoms with Crippen LogP contribution in [0, 0.1) is 0 Å². The minimum Gasteiger partial charge on any atom is -0.318 e. The number of Topliss-reactive ketones (excluding diaryl/α,β-unsaturated/α-hetero) is 1. The second-order valence-electron chi connectivity index (χ2n) is 5.57. The first kappa shape index (κ1) is 14.7. The van der Waals surface area contributed by atoms with Crippen molar-refractivity contribution in [3.8, 4) is 0 Å². The average molecular weight is 326 g/mol. The van der Waals surface area contributed by atoms with Gasteiger partial charge in [0.05, 0.1) is 10.6 Å². The van der Waals surface area contributed by atoms with Crippen LogP contribution in [0.25, 0.3) is 5.70 Å². The summed E-state index contributed by atoms with van der Waals surface area (Å²) in [4.78, 5) is 12.8. The summed E-state index contributed by atoms with van der Waals surface area (Å²) in [6.45, 7) is 2.61. The molecule has 0 saturated carbocycles. The maximum atomic E-state index is 12.2. The number of nitrogens with zero attached hydrogens (tertiary/aromatic N) is 1. The fourth-order valence-electron chi connectivity index (χ4n) is 2.97. The minimum atomic E-state index is -3.35. The smallest absolute Gasteiger partial charge is 0.185 e. The van der Waals surface area contributed by atoms with E-state index in [4.69, 9.17) is 0 Å². The lowest BCUT2D eigenvalue weighted by Gasteiger charge is -2.17. The van der Waals surface area contributed by atoms with Gasteiger partial charge < -0.3 is 5.43 Å². The van der Waals surface area contributed by atoms with Gasteiger partial charge in [0.25, 0.3) is 0 Å². The third-order valence-electron chi connectivity index (χ3n) is 3.90. The molecular formula is C14H18N2O3S2. The number of carbonyl (C=O) groups excluding carboxylic acids is 1. The number of nitrogens with one attached hydrogen (secondary N) is 1. The molecule has 1 aliphatic carbocycles. The molecule has 114 valence electrons. The molecule has 3 rings (SSSR count). The fraction of sp³-hybridized carbons (Fsp3) is 0.500. The number of fused-ring (bicyclic) bond motifs is 2. The quantitative estimate of drug-likeness (QED) is 0.859. The Kier molecular flexibility index (Phi) is 3.46. The first-order valence-corrected chi connectivity index (χ1v) is 9.62. The molecule has 0 spiro atoms. The Morgan fingerprint density at radius 3 is 2.71 bits per heavy atom. The van der Waals surface area contributed by atoms with E-state index in [0.29, 0.717) is 15.5 Å². The summed E-state index contributed by atoms with van der Waals surface area (Å²) in [5.41, 5.74) is 7.01. The molecule has 0 aromatic carbocycles. The van der Waals surface area contributed by atoms with Gasteiger partial charge in [-0.25, -0.2) is 13.4 Å². The Bertz CT molecular complexity index is 759. The van der Waals surface area contributed by atoms with Gasteiger partial charge >= 0.3 is 0 Å². The van der Waals surface area contributed by atoms with Crippen LogP contribution >= 0.6 is 11.3 Å². The van der Waals surface area contributed by atoms with Crippen molar-refractivity contribution < 1.29 is 13.2 Å². The average Bonchev–Trinajstić information content (AvgIpc) is 2.96. The maximum Gasteiger partial charge on any atom is 0.185 e. The van der Waals surface area contributed by atoms with Crippen LogP contribution in [-0.4, -0.2) is 39.1 Å². The highest BCUT2D eigenvalue weighted by molar-refractivity contribution is 7.92. The van der Waals surface area contributed by atoms with E-state index in [1.165, 1.54) is 11.8 Å². The largest absolute Gasteiger partial charge is 0.318 e. The van der Waals surface area contributed by atoms with E-state index in [-0.39, 0.29) is 5.78 Å². The van der Waals surface area contributed by atoms with E-state index >= 15 is 0 Å². The van der Waals surface area contributed by atoms with Gasteiger partial charge in [0, 0.05) is 31.8 Å². The second-order valence-corrected chi connectivity index (χ2v) is 8.80. The van der Waals surface area contributed by atoms with Crippen LogP contribution in [0.1, 0.15) is 40.6 Å². The molecular weight excluding hydrogens is 308 g/mol. The molecule has 7 heteroatoms. The van der Waals surface area contributed by atoms with E-state index in [0.717, 1.165) is 47.5 Å². The molecule has 0 radical (unpaired) electrons. The van der Waals surface area contributed by atoms with Gasteiger partial charge in [-0.05, 0) is 24.0 Å². The molecule has 1 aliphatic heterocycles. The number of hydrogen-bond donors (Lipinski definition) is 1. The van der Waals surface area contributed by atoms with Crippen molar-refractivity contribution in [3.63, 3.8) is 0 Å². The summed E-state index contributed by atoms with van der Waals surface area (Å²) in [7, 11) is -1.41. The summed E-state index contributed by atoms with van der Waals surface area (Å²) in [5, 5.41) is 1.95. The van der Waals surface area contributed by atoms with Gasteiger partial charge in [-0.15, -0.1) is 11.3 Å². The van der Waals surface area contributed by atoms with E-state index in [9.17, 15) is 13.2 Å². The van der Waals surface area contributed by atoms with Crippen LogP contribution < -0.4 is 5.43 Å². The summed E-state index contributed by atoms with van der Waals surface area (Å²) < 4.78 is 24.6. The molecule has 0 unspecified atom stereocenters. The molecule has 5 nitrogen and oxygen atoms in total. The normalized spacial score (nSPS) is 18.4. The SMILES string of the molecule is CCC(=O)c1sc(S(C)(=O)=O)c2c1CCC1=C2NN(C)C1. The fourth-order valence-corrected chi connectivity index (χ4v) is 5.52. The topological polar surface area (TPSA) is 66.5 Å². The number of sulfone groups is 1. The Balaban J connectivity index is 2.26. The summed E-state index contributed by atoms with van der Waals surface area (Å²) in [5.74, 6) is 0.0292. The lowest BCUT2D eigenvalue weighted by Crippen LogP contribution is -2.27. The van der Waals surface area contributed by atoms with Crippen LogP contribution in [0.5, 0.6) is 0 Å². The highest BCUT2D eigenvalue weighted by atomic mass is 32.2. The van der Waals surface area contributed by atoms with Crippen molar-refractivity contribution in [1.29, 1.82) is 0 Å². The first-order chi connectivity index (χ1) is 9.82. The third kappa shape index (κ3) is 2.33. The molecule has 2 aliphatic rings.